The van der Waals surface area contributed by atoms with Crippen LogP contribution in [0.2, 0.25) is 0 Å². The highest BCUT2D eigenvalue weighted by atomic mass is 16.6. The van der Waals surface area contributed by atoms with Gasteiger partial charge in [-0.3, -0.25) is 9.59 Å². The fraction of sp³-hybridized carbons (Fsp3) is 0.600. The average molecular weight is 212 g/mol. The number of hydrogen-bond donors (Lipinski definition) is 0. The molecule has 5 heteroatoms. The van der Waals surface area contributed by atoms with Crippen LogP contribution in [0.15, 0.2) is 11.5 Å². The Morgan fingerprint density at radius 2 is 1.40 bits per heavy atom. The van der Waals surface area contributed by atoms with E-state index in [2.05, 4.69) is 4.74 Å². The molecule has 15 heavy (non-hydrogen) atoms. The first-order chi connectivity index (χ1) is 7.17. The Morgan fingerprint density at radius 1 is 1.00 bits per heavy atom. The zero-order valence-corrected chi connectivity index (χ0v) is 8.61. The molecule has 0 aromatic rings. The molecule has 1 saturated heterocycles. The Kier molecular flexibility index (Phi) is 2.38. The minimum atomic E-state index is -0.449. The van der Waals surface area contributed by atoms with Crippen molar-refractivity contribution in [2.24, 2.45) is 11.8 Å². The summed E-state index contributed by atoms with van der Waals surface area (Å²) in [7, 11) is 3.05. The summed E-state index contributed by atoms with van der Waals surface area (Å²) < 4.78 is 14.8. The van der Waals surface area contributed by atoms with Gasteiger partial charge >= 0.3 is 11.9 Å². The quantitative estimate of drug-likeness (QED) is 0.495. The summed E-state index contributed by atoms with van der Waals surface area (Å²) in [4.78, 5) is 22.6. The molecule has 2 rings (SSSR count). The van der Waals surface area contributed by atoms with E-state index >= 15 is 0 Å². The zero-order chi connectivity index (χ0) is 11.0. The van der Waals surface area contributed by atoms with Crippen molar-refractivity contribution < 1.29 is 23.8 Å². The van der Waals surface area contributed by atoms with Gasteiger partial charge in [-0.2, -0.15) is 0 Å². The minimum Gasteiger partial charge on any atom is -0.498 e. The van der Waals surface area contributed by atoms with Gasteiger partial charge in [-0.1, -0.05) is 0 Å². The number of carbonyl (C=O) groups excluding carboxylic acids is 2. The van der Waals surface area contributed by atoms with Crippen LogP contribution in [0.4, 0.5) is 0 Å². The maximum absolute atomic E-state index is 11.3. The van der Waals surface area contributed by atoms with E-state index in [4.69, 9.17) is 9.47 Å². The molecule has 1 heterocycles. The third-order valence-corrected chi connectivity index (χ3v) is 2.91. The third kappa shape index (κ3) is 1.48. The Labute approximate surface area is 87.0 Å². The number of ether oxygens (including phenoxy) is 3. The van der Waals surface area contributed by atoms with Crippen LogP contribution in [-0.4, -0.2) is 26.2 Å². The second-order valence-corrected chi connectivity index (χ2v) is 3.62. The Bertz CT molecular complexity index is 312. The molecule has 0 spiro atoms. The molecule has 2 aliphatic rings. The molecule has 1 fully saturated rings. The zero-order valence-electron chi connectivity index (χ0n) is 8.61. The maximum atomic E-state index is 11.3. The van der Waals surface area contributed by atoms with Gasteiger partial charge in [-0.05, 0) is 0 Å². The SMILES string of the molecule is COC1=C(OC)CC2C(=O)OC(=O)C2C1. The highest BCUT2D eigenvalue weighted by molar-refractivity contribution is 5.97. The largest absolute Gasteiger partial charge is 0.498 e. The molecule has 5 nitrogen and oxygen atoms in total. The lowest BCUT2D eigenvalue weighted by Crippen LogP contribution is -2.25. The van der Waals surface area contributed by atoms with Gasteiger partial charge in [0, 0.05) is 12.8 Å². The first-order valence-electron chi connectivity index (χ1n) is 4.73. The fourth-order valence-electron chi connectivity index (χ4n) is 2.05. The molecular weight excluding hydrogens is 200 g/mol. The summed E-state index contributed by atoms with van der Waals surface area (Å²) in [6.07, 6.45) is 0.768. The number of methoxy groups -OCH3 is 2. The van der Waals surface area contributed by atoms with E-state index in [1.807, 2.05) is 0 Å². The average Bonchev–Trinajstić information content (AvgIpc) is 2.52. The highest BCUT2D eigenvalue weighted by Crippen LogP contribution is 2.39. The predicted molar refractivity (Wildman–Crippen MR) is 48.4 cm³/mol. The summed E-state index contributed by atoms with van der Waals surface area (Å²) in [5, 5.41) is 0. The van der Waals surface area contributed by atoms with Gasteiger partial charge in [0.25, 0.3) is 0 Å². The number of hydrogen-bond acceptors (Lipinski definition) is 5. The van der Waals surface area contributed by atoms with E-state index in [9.17, 15) is 9.59 Å². The lowest BCUT2D eigenvalue weighted by molar-refractivity contribution is -0.153. The van der Waals surface area contributed by atoms with E-state index in [0.717, 1.165) is 0 Å². The topological polar surface area (TPSA) is 61.8 Å². The Morgan fingerprint density at radius 3 is 1.73 bits per heavy atom. The number of fused-ring (bicyclic) bond motifs is 1. The summed E-state index contributed by atoms with van der Waals surface area (Å²) in [5.41, 5.74) is 0. The van der Waals surface area contributed by atoms with Crippen LogP contribution < -0.4 is 0 Å². The molecule has 0 amide bonds. The Hall–Kier alpha value is -1.52. The second-order valence-electron chi connectivity index (χ2n) is 3.62. The number of cyclic esters (lactones) is 2. The molecular formula is C10H12O5. The smallest absolute Gasteiger partial charge is 0.317 e. The summed E-state index contributed by atoms with van der Waals surface area (Å²) in [6, 6.07) is 0. The summed E-state index contributed by atoms with van der Waals surface area (Å²) >= 11 is 0. The molecule has 2 atom stereocenters. The lowest BCUT2D eigenvalue weighted by Gasteiger charge is -2.23. The van der Waals surface area contributed by atoms with Gasteiger partial charge in [-0.25, -0.2) is 0 Å². The van der Waals surface area contributed by atoms with Gasteiger partial charge in [0.1, 0.15) is 11.5 Å². The van der Waals surface area contributed by atoms with Crippen molar-refractivity contribution in [2.75, 3.05) is 14.2 Å². The molecule has 2 unspecified atom stereocenters. The minimum absolute atomic E-state index is 0.384. The van der Waals surface area contributed by atoms with Crippen molar-refractivity contribution >= 4 is 11.9 Å². The van der Waals surface area contributed by atoms with Crippen LogP contribution in [0.3, 0.4) is 0 Å². The van der Waals surface area contributed by atoms with Gasteiger partial charge in [-0.15, -0.1) is 0 Å². The van der Waals surface area contributed by atoms with E-state index in [-0.39, 0.29) is 0 Å². The molecule has 0 aromatic heterocycles. The van der Waals surface area contributed by atoms with Crippen LogP contribution in [0.5, 0.6) is 0 Å². The molecule has 0 aromatic carbocycles. The maximum Gasteiger partial charge on any atom is 0.317 e. The van der Waals surface area contributed by atoms with Crippen molar-refractivity contribution in [2.45, 2.75) is 12.8 Å². The van der Waals surface area contributed by atoms with Crippen molar-refractivity contribution in [3.63, 3.8) is 0 Å². The molecule has 1 aliphatic heterocycles. The normalized spacial score (nSPS) is 30.0. The predicted octanol–water partition coefficient (Wildman–Crippen LogP) is 0.600. The van der Waals surface area contributed by atoms with Gasteiger partial charge in [0.2, 0.25) is 0 Å². The lowest BCUT2D eigenvalue weighted by atomic mass is 9.83. The fourth-order valence-corrected chi connectivity index (χ4v) is 2.05. The van der Waals surface area contributed by atoms with Crippen LogP contribution in [-0.2, 0) is 23.8 Å². The van der Waals surface area contributed by atoms with Crippen LogP contribution in [0.1, 0.15) is 12.8 Å². The van der Waals surface area contributed by atoms with Crippen LogP contribution >= 0.6 is 0 Å². The summed E-state index contributed by atoms with van der Waals surface area (Å²) in [6.45, 7) is 0. The van der Waals surface area contributed by atoms with Crippen LogP contribution in [0.25, 0.3) is 0 Å². The van der Waals surface area contributed by atoms with Gasteiger partial charge < -0.3 is 14.2 Å². The van der Waals surface area contributed by atoms with Crippen molar-refractivity contribution in [3.05, 3.63) is 11.5 Å². The molecule has 1 aliphatic carbocycles. The van der Waals surface area contributed by atoms with Gasteiger partial charge in [0.05, 0.1) is 26.1 Å². The second kappa shape index (κ2) is 3.56. The monoisotopic (exact) mass is 212 g/mol. The molecule has 82 valence electrons. The molecule has 0 bridgehead atoms. The number of allylic oxidation sites excluding steroid dienone is 2. The van der Waals surface area contributed by atoms with E-state index < -0.39 is 23.8 Å². The van der Waals surface area contributed by atoms with Crippen molar-refractivity contribution in [3.8, 4) is 0 Å². The number of esters is 2. The van der Waals surface area contributed by atoms with E-state index in [1.54, 1.807) is 0 Å². The van der Waals surface area contributed by atoms with Crippen molar-refractivity contribution in [1.82, 2.24) is 0 Å². The van der Waals surface area contributed by atoms with E-state index in [1.165, 1.54) is 14.2 Å². The van der Waals surface area contributed by atoms with E-state index in [0.29, 0.717) is 24.4 Å². The standard InChI is InChI=1S/C10H12O5/c1-13-7-3-5-6(4-8(7)14-2)10(12)15-9(5)11/h5-6H,3-4H2,1-2H3. The molecule has 0 N–H and O–H groups in total. The highest BCUT2D eigenvalue weighted by Gasteiger charge is 2.48. The molecule has 0 saturated carbocycles. The first-order valence-corrected chi connectivity index (χ1v) is 4.73. The van der Waals surface area contributed by atoms with Crippen LogP contribution in [0, 0.1) is 11.8 Å². The molecule has 0 radical (unpaired) electrons. The summed E-state index contributed by atoms with van der Waals surface area (Å²) in [5.74, 6) is -0.432. The number of carbonyl (C=O) groups is 2. The van der Waals surface area contributed by atoms with Crippen molar-refractivity contribution in [1.29, 1.82) is 0 Å². The number of rotatable bonds is 2. The first kappa shape index (κ1) is 10.0. The third-order valence-electron chi connectivity index (χ3n) is 2.91. The van der Waals surface area contributed by atoms with Gasteiger partial charge in [0.15, 0.2) is 0 Å². The Balaban J connectivity index is 2.28.